The Morgan fingerprint density at radius 1 is 0.941 bits per heavy atom. The van der Waals surface area contributed by atoms with E-state index in [2.05, 4.69) is 59.9 Å². The molecular formula is C16H17N. The molecule has 17 heavy (non-hydrogen) atoms. The zero-order valence-electron chi connectivity index (χ0n) is 9.89. The van der Waals surface area contributed by atoms with Gasteiger partial charge in [-0.15, -0.1) is 0 Å². The van der Waals surface area contributed by atoms with Crippen LogP contribution in [0.1, 0.15) is 23.5 Å². The Balaban J connectivity index is 1.86. The minimum Gasteiger partial charge on any atom is -0.385 e. The summed E-state index contributed by atoms with van der Waals surface area (Å²) in [6, 6.07) is 19.5. The van der Waals surface area contributed by atoms with E-state index >= 15 is 0 Å². The van der Waals surface area contributed by atoms with E-state index in [9.17, 15) is 0 Å². The molecule has 3 rings (SSSR count). The van der Waals surface area contributed by atoms with Crippen LogP contribution in [-0.4, -0.2) is 6.54 Å². The van der Waals surface area contributed by atoms with Crippen molar-refractivity contribution < 1.29 is 0 Å². The second-order valence-corrected chi connectivity index (χ2v) is 4.69. The van der Waals surface area contributed by atoms with E-state index in [1.54, 1.807) is 0 Å². The van der Waals surface area contributed by atoms with Crippen molar-refractivity contribution in [1.29, 1.82) is 0 Å². The van der Waals surface area contributed by atoms with Crippen LogP contribution in [0.2, 0.25) is 0 Å². The fraction of sp³-hybridized carbons (Fsp3) is 0.250. The summed E-state index contributed by atoms with van der Waals surface area (Å²) in [5, 5.41) is 3.48. The molecule has 0 saturated carbocycles. The summed E-state index contributed by atoms with van der Waals surface area (Å²) in [7, 11) is 0. The molecule has 0 amide bonds. The summed E-state index contributed by atoms with van der Waals surface area (Å²) in [4.78, 5) is 0. The Kier molecular flexibility index (Phi) is 2.83. The number of para-hydroxylation sites is 1. The topological polar surface area (TPSA) is 12.0 Å². The molecule has 0 saturated heterocycles. The third-order valence-corrected chi connectivity index (χ3v) is 3.53. The fourth-order valence-electron chi connectivity index (χ4n) is 2.66. The van der Waals surface area contributed by atoms with Gasteiger partial charge in [0.25, 0.3) is 0 Å². The van der Waals surface area contributed by atoms with Gasteiger partial charge in [0.1, 0.15) is 0 Å². The van der Waals surface area contributed by atoms with Crippen molar-refractivity contribution in [3.8, 4) is 0 Å². The van der Waals surface area contributed by atoms with Gasteiger partial charge < -0.3 is 5.32 Å². The Morgan fingerprint density at radius 2 is 1.71 bits per heavy atom. The van der Waals surface area contributed by atoms with Gasteiger partial charge in [-0.3, -0.25) is 0 Å². The van der Waals surface area contributed by atoms with Crippen molar-refractivity contribution in [3.63, 3.8) is 0 Å². The first-order chi connectivity index (χ1) is 8.43. The predicted molar refractivity (Wildman–Crippen MR) is 72.4 cm³/mol. The van der Waals surface area contributed by atoms with Gasteiger partial charge in [-0.25, -0.2) is 0 Å². The largest absolute Gasteiger partial charge is 0.385 e. The number of hydrogen-bond acceptors (Lipinski definition) is 1. The van der Waals surface area contributed by atoms with Gasteiger partial charge in [-0.05, 0) is 36.0 Å². The molecule has 1 N–H and O–H groups in total. The molecule has 0 fully saturated rings. The number of benzene rings is 2. The lowest BCUT2D eigenvalue weighted by atomic mass is 9.86. The summed E-state index contributed by atoms with van der Waals surface area (Å²) < 4.78 is 0. The summed E-state index contributed by atoms with van der Waals surface area (Å²) in [5.74, 6) is 0.662. The monoisotopic (exact) mass is 223 g/mol. The van der Waals surface area contributed by atoms with Gasteiger partial charge in [0, 0.05) is 12.2 Å². The highest BCUT2D eigenvalue weighted by atomic mass is 14.9. The van der Waals surface area contributed by atoms with Crippen LogP contribution >= 0.6 is 0 Å². The van der Waals surface area contributed by atoms with Crippen LogP contribution in [0.25, 0.3) is 0 Å². The third-order valence-electron chi connectivity index (χ3n) is 3.53. The highest BCUT2D eigenvalue weighted by Crippen LogP contribution is 2.33. The predicted octanol–water partition coefficient (Wildman–Crippen LogP) is 3.83. The molecule has 0 aromatic heterocycles. The maximum atomic E-state index is 3.48. The summed E-state index contributed by atoms with van der Waals surface area (Å²) in [5.41, 5.74) is 4.23. The van der Waals surface area contributed by atoms with Crippen LogP contribution in [0.5, 0.6) is 0 Å². The third kappa shape index (κ3) is 2.19. The minimum atomic E-state index is 0.662. The molecule has 0 radical (unpaired) electrons. The lowest BCUT2D eigenvalue weighted by molar-refractivity contribution is 0.624. The molecule has 1 heteroatoms. The molecule has 0 bridgehead atoms. The van der Waals surface area contributed by atoms with Gasteiger partial charge in [0.15, 0.2) is 0 Å². The number of rotatable bonds is 2. The lowest BCUT2D eigenvalue weighted by Gasteiger charge is -2.26. The molecule has 1 aliphatic heterocycles. The van der Waals surface area contributed by atoms with Crippen molar-refractivity contribution in [2.24, 2.45) is 0 Å². The first kappa shape index (κ1) is 10.4. The standard InChI is InChI=1S/C16H17N/c1-2-6-13(7-3-1)12-14-10-11-17-16-9-5-4-8-15(14)16/h1-9,14,17H,10-12H2. The SMILES string of the molecule is c1ccc(CC2CCNc3ccccc32)cc1. The number of anilines is 1. The fourth-order valence-corrected chi connectivity index (χ4v) is 2.66. The number of fused-ring (bicyclic) bond motifs is 1. The van der Waals surface area contributed by atoms with E-state index in [1.807, 2.05) is 0 Å². The molecule has 1 atom stereocenters. The summed E-state index contributed by atoms with van der Waals surface area (Å²) in [6.45, 7) is 1.09. The van der Waals surface area contributed by atoms with Gasteiger partial charge >= 0.3 is 0 Å². The molecular weight excluding hydrogens is 206 g/mol. The van der Waals surface area contributed by atoms with E-state index in [0.29, 0.717) is 5.92 Å². The van der Waals surface area contributed by atoms with E-state index < -0.39 is 0 Å². The van der Waals surface area contributed by atoms with Crippen LogP contribution in [0.3, 0.4) is 0 Å². The van der Waals surface area contributed by atoms with Gasteiger partial charge in [-0.1, -0.05) is 48.5 Å². The average Bonchev–Trinajstić information content (AvgIpc) is 2.40. The van der Waals surface area contributed by atoms with Crippen molar-refractivity contribution in [2.75, 3.05) is 11.9 Å². The molecule has 2 aromatic carbocycles. The quantitative estimate of drug-likeness (QED) is 0.816. The van der Waals surface area contributed by atoms with E-state index in [-0.39, 0.29) is 0 Å². The summed E-state index contributed by atoms with van der Waals surface area (Å²) in [6.07, 6.45) is 2.38. The Hall–Kier alpha value is -1.76. The maximum absolute atomic E-state index is 3.48. The average molecular weight is 223 g/mol. The molecule has 0 aliphatic carbocycles. The zero-order valence-corrected chi connectivity index (χ0v) is 9.89. The molecule has 2 aromatic rings. The van der Waals surface area contributed by atoms with Crippen LogP contribution in [0.15, 0.2) is 54.6 Å². The second kappa shape index (κ2) is 4.62. The normalized spacial score (nSPS) is 18.2. The van der Waals surface area contributed by atoms with Gasteiger partial charge in [0.2, 0.25) is 0 Å². The molecule has 1 heterocycles. The first-order valence-electron chi connectivity index (χ1n) is 6.30. The second-order valence-electron chi connectivity index (χ2n) is 4.69. The zero-order chi connectivity index (χ0) is 11.5. The van der Waals surface area contributed by atoms with Gasteiger partial charge in [0.05, 0.1) is 0 Å². The maximum Gasteiger partial charge on any atom is 0.0375 e. The van der Waals surface area contributed by atoms with Crippen molar-refractivity contribution >= 4 is 5.69 Å². The Bertz CT molecular complexity index is 490. The van der Waals surface area contributed by atoms with Gasteiger partial charge in [-0.2, -0.15) is 0 Å². The van der Waals surface area contributed by atoms with Crippen LogP contribution in [0.4, 0.5) is 5.69 Å². The Labute approximate surface area is 102 Å². The van der Waals surface area contributed by atoms with Crippen LogP contribution < -0.4 is 5.32 Å². The van der Waals surface area contributed by atoms with Crippen LogP contribution in [0, 0.1) is 0 Å². The summed E-state index contributed by atoms with van der Waals surface area (Å²) >= 11 is 0. The molecule has 0 spiro atoms. The minimum absolute atomic E-state index is 0.662. The molecule has 1 aliphatic rings. The smallest absolute Gasteiger partial charge is 0.0375 e. The lowest BCUT2D eigenvalue weighted by Crippen LogP contribution is -2.18. The number of nitrogens with one attached hydrogen (secondary N) is 1. The molecule has 1 unspecified atom stereocenters. The van der Waals surface area contributed by atoms with E-state index in [0.717, 1.165) is 13.0 Å². The van der Waals surface area contributed by atoms with Crippen molar-refractivity contribution in [3.05, 3.63) is 65.7 Å². The highest BCUT2D eigenvalue weighted by Gasteiger charge is 2.19. The van der Waals surface area contributed by atoms with E-state index in [1.165, 1.54) is 23.2 Å². The Morgan fingerprint density at radius 3 is 2.59 bits per heavy atom. The first-order valence-corrected chi connectivity index (χ1v) is 6.30. The van der Waals surface area contributed by atoms with Crippen LogP contribution in [-0.2, 0) is 6.42 Å². The number of hydrogen-bond donors (Lipinski definition) is 1. The highest BCUT2D eigenvalue weighted by molar-refractivity contribution is 5.55. The van der Waals surface area contributed by atoms with E-state index in [4.69, 9.17) is 0 Å². The van der Waals surface area contributed by atoms with Crippen molar-refractivity contribution in [1.82, 2.24) is 0 Å². The van der Waals surface area contributed by atoms with Crippen molar-refractivity contribution in [2.45, 2.75) is 18.8 Å². The molecule has 86 valence electrons. The molecule has 1 nitrogen and oxygen atoms in total.